The molecule has 3 N–H and O–H groups in total. The minimum absolute atomic E-state index is 0.190. The first kappa shape index (κ1) is 20.4. The van der Waals surface area contributed by atoms with Gasteiger partial charge in [-0.25, -0.2) is 9.78 Å². The van der Waals surface area contributed by atoms with E-state index in [4.69, 9.17) is 0 Å². The van der Waals surface area contributed by atoms with Crippen LogP contribution >= 0.6 is 0 Å². The highest BCUT2D eigenvalue weighted by molar-refractivity contribution is 6.01. The van der Waals surface area contributed by atoms with Gasteiger partial charge in [0.1, 0.15) is 12.4 Å². The molecule has 0 spiro atoms. The van der Waals surface area contributed by atoms with Gasteiger partial charge in [0.25, 0.3) is 0 Å². The molecule has 1 aliphatic rings. The van der Waals surface area contributed by atoms with E-state index >= 15 is 0 Å². The van der Waals surface area contributed by atoms with E-state index in [0.717, 1.165) is 50.2 Å². The van der Waals surface area contributed by atoms with Gasteiger partial charge in [-0.2, -0.15) is 0 Å². The van der Waals surface area contributed by atoms with Crippen LogP contribution in [0, 0.1) is 0 Å². The van der Waals surface area contributed by atoms with Crippen LogP contribution in [0.1, 0.15) is 76.4 Å². The maximum atomic E-state index is 11.4. The van der Waals surface area contributed by atoms with Crippen molar-refractivity contribution in [2.24, 2.45) is 0 Å². The van der Waals surface area contributed by atoms with Gasteiger partial charge in [-0.1, -0.05) is 32.6 Å². The summed E-state index contributed by atoms with van der Waals surface area (Å²) in [4.78, 5) is 31.9. The Labute approximate surface area is 156 Å². The van der Waals surface area contributed by atoms with E-state index in [0.29, 0.717) is 12.6 Å². The lowest BCUT2D eigenvalue weighted by Crippen LogP contribution is -2.29. The van der Waals surface area contributed by atoms with Gasteiger partial charge in [-0.15, -0.1) is 0 Å². The molecule has 26 heavy (non-hydrogen) atoms. The Morgan fingerprint density at radius 1 is 1.19 bits per heavy atom. The molecule has 0 aromatic carbocycles. The predicted octanol–water partition coefficient (Wildman–Crippen LogP) is 2.91. The van der Waals surface area contributed by atoms with Gasteiger partial charge in [0, 0.05) is 25.2 Å². The van der Waals surface area contributed by atoms with E-state index in [-0.39, 0.29) is 18.5 Å². The number of hydrogen-bond donors (Lipinski definition) is 3. The van der Waals surface area contributed by atoms with Gasteiger partial charge in [-0.05, 0) is 32.7 Å². The molecule has 7 heteroatoms. The number of unbranched alkanes of at least 4 members (excludes halogenated alkanes) is 5. The van der Waals surface area contributed by atoms with E-state index in [1.807, 2.05) is 6.20 Å². The van der Waals surface area contributed by atoms with Gasteiger partial charge in [0.05, 0.1) is 5.69 Å². The van der Waals surface area contributed by atoms with Gasteiger partial charge < -0.3 is 15.2 Å². The summed E-state index contributed by atoms with van der Waals surface area (Å²) in [7, 11) is 0. The second-order valence-corrected chi connectivity index (χ2v) is 7.11. The standard InChI is InChI=1S/C19H33N5O2/c1-3-4-10-17-21-13-16(22-17)15(2)20-11-8-6-5-7-9-12-24-14-18(25)23-19(24)26/h13,15,20H,3-12,14H2,1-2H3,(H,21,22)(H,23,25,26). The molecule has 1 unspecified atom stereocenters. The van der Waals surface area contributed by atoms with Crippen LogP contribution in [0.3, 0.4) is 0 Å². The largest absolute Gasteiger partial charge is 0.345 e. The van der Waals surface area contributed by atoms with Crippen LogP contribution in [0.4, 0.5) is 4.79 Å². The Bertz CT molecular complexity index is 572. The lowest BCUT2D eigenvalue weighted by molar-refractivity contribution is -0.118. The van der Waals surface area contributed by atoms with Gasteiger partial charge in [-0.3, -0.25) is 10.1 Å². The molecule has 0 radical (unpaired) electrons. The third-order valence-electron chi connectivity index (χ3n) is 4.81. The van der Waals surface area contributed by atoms with Crippen molar-refractivity contribution < 1.29 is 9.59 Å². The van der Waals surface area contributed by atoms with Crippen LogP contribution in [0.5, 0.6) is 0 Å². The van der Waals surface area contributed by atoms with Crippen LogP contribution in [0.25, 0.3) is 0 Å². The van der Waals surface area contributed by atoms with Crippen molar-refractivity contribution in [2.75, 3.05) is 19.6 Å². The van der Waals surface area contributed by atoms with Gasteiger partial charge in [0.2, 0.25) is 5.91 Å². The monoisotopic (exact) mass is 363 g/mol. The topological polar surface area (TPSA) is 90.1 Å². The number of amides is 3. The molecule has 0 aliphatic carbocycles. The highest BCUT2D eigenvalue weighted by Gasteiger charge is 2.25. The summed E-state index contributed by atoms with van der Waals surface area (Å²) in [6.45, 7) is 6.24. The van der Waals surface area contributed by atoms with Crippen molar-refractivity contribution in [2.45, 2.75) is 71.3 Å². The van der Waals surface area contributed by atoms with Crippen molar-refractivity contribution >= 4 is 11.9 Å². The van der Waals surface area contributed by atoms with Gasteiger partial charge >= 0.3 is 6.03 Å². The van der Waals surface area contributed by atoms with Crippen LogP contribution in [-0.2, 0) is 11.2 Å². The maximum absolute atomic E-state index is 11.4. The number of imide groups is 1. The molecule has 1 aromatic heterocycles. The summed E-state index contributed by atoms with van der Waals surface area (Å²) in [5.41, 5.74) is 1.16. The first-order chi connectivity index (χ1) is 12.6. The average Bonchev–Trinajstić information content (AvgIpc) is 3.21. The molecule has 146 valence electrons. The van der Waals surface area contributed by atoms with Gasteiger partial charge in [0.15, 0.2) is 0 Å². The molecule has 7 nitrogen and oxygen atoms in total. The van der Waals surface area contributed by atoms with Crippen molar-refractivity contribution in [3.8, 4) is 0 Å². The van der Waals surface area contributed by atoms with E-state index in [9.17, 15) is 9.59 Å². The van der Waals surface area contributed by atoms with Crippen LogP contribution < -0.4 is 10.6 Å². The summed E-state index contributed by atoms with van der Waals surface area (Å²) >= 11 is 0. The van der Waals surface area contributed by atoms with E-state index in [1.165, 1.54) is 19.3 Å². The predicted molar refractivity (Wildman–Crippen MR) is 102 cm³/mol. The second-order valence-electron chi connectivity index (χ2n) is 7.11. The Kier molecular flexibility index (Phi) is 8.61. The maximum Gasteiger partial charge on any atom is 0.324 e. The highest BCUT2D eigenvalue weighted by atomic mass is 16.2. The second kappa shape index (κ2) is 11.0. The lowest BCUT2D eigenvalue weighted by atomic mass is 10.1. The molecule has 1 atom stereocenters. The summed E-state index contributed by atoms with van der Waals surface area (Å²) in [5.74, 6) is 0.897. The molecule has 2 rings (SSSR count). The Hall–Kier alpha value is -1.89. The summed E-state index contributed by atoms with van der Waals surface area (Å²) in [6.07, 6.45) is 10.9. The van der Waals surface area contributed by atoms with Crippen molar-refractivity contribution in [3.63, 3.8) is 0 Å². The number of rotatable bonds is 13. The van der Waals surface area contributed by atoms with Crippen molar-refractivity contribution in [1.29, 1.82) is 0 Å². The minimum atomic E-state index is -0.246. The number of hydrogen-bond acceptors (Lipinski definition) is 4. The third-order valence-corrected chi connectivity index (χ3v) is 4.81. The lowest BCUT2D eigenvalue weighted by Gasteiger charge is -2.13. The number of aromatic nitrogens is 2. The quantitative estimate of drug-likeness (QED) is 0.371. The Balaban J connectivity index is 1.48. The highest BCUT2D eigenvalue weighted by Crippen LogP contribution is 2.11. The first-order valence-electron chi connectivity index (χ1n) is 9.96. The molecule has 1 aromatic rings. The number of aryl methyl sites for hydroxylation is 1. The number of nitrogens with one attached hydrogen (secondary N) is 3. The van der Waals surface area contributed by atoms with Crippen LogP contribution in [0.15, 0.2) is 6.20 Å². The summed E-state index contributed by atoms with van der Waals surface area (Å²) < 4.78 is 0. The molecular formula is C19H33N5O2. The van der Waals surface area contributed by atoms with Crippen molar-refractivity contribution in [3.05, 3.63) is 17.7 Å². The molecule has 2 heterocycles. The fourth-order valence-electron chi connectivity index (χ4n) is 3.12. The molecule has 1 aliphatic heterocycles. The average molecular weight is 364 g/mol. The SMILES string of the molecule is CCCCc1ncc(C(C)NCCCCCCCN2CC(=O)NC2=O)[nH]1. The number of urea groups is 1. The smallest absolute Gasteiger partial charge is 0.324 e. The van der Waals surface area contributed by atoms with E-state index < -0.39 is 0 Å². The van der Waals surface area contributed by atoms with E-state index in [2.05, 4.69) is 34.4 Å². The minimum Gasteiger partial charge on any atom is -0.345 e. The molecule has 0 saturated carbocycles. The van der Waals surface area contributed by atoms with Crippen LogP contribution in [0.2, 0.25) is 0 Å². The molecule has 1 saturated heterocycles. The first-order valence-corrected chi connectivity index (χ1v) is 9.96. The third kappa shape index (κ3) is 6.78. The summed E-state index contributed by atoms with van der Waals surface area (Å²) in [5, 5.41) is 5.85. The zero-order valence-corrected chi connectivity index (χ0v) is 16.1. The molecule has 1 fully saturated rings. The number of aromatic amines is 1. The summed E-state index contributed by atoms with van der Waals surface area (Å²) in [6, 6.07) is 0.0499. The zero-order chi connectivity index (χ0) is 18.8. The number of nitrogens with zero attached hydrogens (tertiary/aromatic N) is 2. The number of H-pyrrole nitrogens is 1. The molecule has 0 bridgehead atoms. The number of carbonyl (C=O) groups excluding carboxylic acids is 2. The van der Waals surface area contributed by atoms with Crippen molar-refractivity contribution in [1.82, 2.24) is 25.5 Å². The Morgan fingerprint density at radius 3 is 2.69 bits per heavy atom. The normalized spacial score (nSPS) is 15.5. The Morgan fingerprint density at radius 2 is 1.96 bits per heavy atom. The fourth-order valence-corrected chi connectivity index (χ4v) is 3.12. The number of carbonyl (C=O) groups is 2. The number of imidazole rings is 1. The molecular weight excluding hydrogens is 330 g/mol. The van der Waals surface area contributed by atoms with Crippen LogP contribution in [-0.4, -0.2) is 46.4 Å². The fraction of sp³-hybridized carbons (Fsp3) is 0.737. The zero-order valence-electron chi connectivity index (χ0n) is 16.1. The van der Waals surface area contributed by atoms with E-state index in [1.54, 1.807) is 4.90 Å². The molecule has 3 amide bonds.